The number of fused-ring (bicyclic) bond motifs is 6. The summed E-state index contributed by atoms with van der Waals surface area (Å²) in [5.74, 6) is 1.44. The molecule has 0 radical (unpaired) electrons. The molecule has 12 aromatic rings. The minimum Gasteiger partial charge on any atom is -0.399 e. The lowest BCUT2D eigenvalue weighted by molar-refractivity contribution is 0.00578. The molecule has 0 spiro atoms. The van der Waals surface area contributed by atoms with Gasteiger partial charge < -0.3 is 9.31 Å². The van der Waals surface area contributed by atoms with Gasteiger partial charge >= 0.3 is 7.12 Å². The minimum atomic E-state index is -0.426. The van der Waals surface area contributed by atoms with E-state index in [0.717, 1.165) is 91.4 Å². The number of hydrogen-bond acceptors (Lipinski definition) is 8. The lowest BCUT2D eigenvalue weighted by atomic mass is 9.78. The van der Waals surface area contributed by atoms with Crippen molar-refractivity contribution >= 4 is 87.5 Å². The Hall–Kier alpha value is -7.37. The quantitative estimate of drug-likeness (QED) is 0.148. The van der Waals surface area contributed by atoms with Crippen LogP contribution in [0, 0.1) is 0 Å². The third kappa shape index (κ3) is 8.67. The van der Waals surface area contributed by atoms with E-state index in [2.05, 4.69) is 161 Å². The van der Waals surface area contributed by atoms with Crippen molar-refractivity contribution in [1.82, 2.24) is 19.9 Å². The van der Waals surface area contributed by atoms with Gasteiger partial charge in [0.2, 0.25) is 0 Å². The molecule has 0 N–H and O–H groups in total. The predicted molar refractivity (Wildman–Crippen MR) is 303 cm³/mol. The molecule has 0 atom stereocenters. The van der Waals surface area contributed by atoms with Crippen molar-refractivity contribution in [1.29, 1.82) is 0 Å². The van der Waals surface area contributed by atoms with Crippen LogP contribution in [-0.2, 0) is 9.31 Å². The fourth-order valence-electron chi connectivity index (χ4n) is 9.13. The highest BCUT2D eigenvalue weighted by Gasteiger charge is 2.51. The van der Waals surface area contributed by atoms with Gasteiger partial charge in [-0.2, -0.15) is 0 Å². The van der Waals surface area contributed by atoms with Crippen molar-refractivity contribution in [2.45, 2.75) is 38.9 Å². The summed E-state index contributed by atoms with van der Waals surface area (Å²) in [5.41, 5.74) is 12.9. The maximum atomic E-state index is 6.37. The molecular weight excluding hydrogens is 943 g/mol. The first-order valence-corrected chi connectivity index (χ1v) is 26.0. The van der Waals surface area contributed by atoms with Gasteiger partial charge in [0.1, 0.15) is 0 Å². The van der Waals surface area contributed by atoms with E-state index in [4.69, 9.17) is 40.8 Å². The number of benzene rings is 8. The zero-order valence-electron chi connectivity index (χ0n) is 40.0. The maximum Gasteiger partial charge on any atom is 0.494 e. The van der Waals surface area contributed by atoms with Crippen LogP contribution in [0.1, 0.15) is 27.7 Å². The Balaban J connectivity index is 0.000000151. The molecule has 0 amide bonds. The van der Waals surface area contributed by atoms with Crippen LogP contribution >= 0.6 is 34.3 Å². The Labute approximate surface area is 431 Å². The third-order valence-electron chi connectivity index (χ3n) is 13.7. The molecule has 10 heteroatoms. The number of hydrogen-bond donors (Lipinski definition) is 0. The highest BCUT2D eigenvalue weighted by Crippen LogP contribution is 2.43. The van der Waals surface area contributed by atoms with Crippen molar-refractivity contribution < 1.29 is 9.31 Å². The minimum absolute atomic E-state index is 0.398. The summed E-state index contributed by atoms with van der Waals surface area (Å²) in [7, 11) is -0.426. The van der Waals surface area contributed by atoms with Crippen LogP contribution in [0.5, 0.6) is 0 Å². The first kappa shape index (κ1) is 45.8. The summed E-state index contributed by atoms with van der Waals surface area (Å²) in [4.78, 5) is 20.2. The van der Waals surface area contributed by atoms with E-state index in [1.54, 1.807) is 22.7 Å². The first-order chi connectivity index (χ1) is 35.0. The molecule has 72 heavy (non-hydrogen) atoms. The van der Waals surface area contributed by atoms with Crippen LogP contribution in [0.15, 0.2) is 206 Å². The van der Waals surface area contributed by atoms with E-state index >= 15 is 0 Å². The van der Waals surface area contributed by atoms with E-state index in [1.165, 1.54) is 22.3 Å². The van der Waals surface area contributed by atoms with Gasteiger partial charge in [0.25, 0.3) is 0 Å². The number of nitrogens with zero attached hydrogens (tertiary/aromatic N) is 4. The molecule has 1 aliphatic rings. The normalized spacial score (nSPS) is 14.0. The van der Waals surface area contributed by atoms with E-state index in [9.17, 15) is 0 Å². The Morgan fingerprint density at radius 3 is 1.18 bits per heavy atom. The van der Waals surface area contributed by atoms with Crippen LogP contribution in [-0.4, -0.2) is 38.3 Å². The summed E-state index contributed by atoms with van der Waals surface area (Å²) < 4.78 is 17.2. The number of rotatable bonds is 7. The van der Waals surface area contributed by atoms with Crippen molar-refractivity contribution in [2.75, 3.05) is 0 Å². The second-order valence-electron chi connectivity index (χ2n) is 19.0. The van der Waals surface area contributed by atoms with Gasteiger partial charge in [0.15, 0.2) is 11.6 Å². The standard InChI is InChI=1S/C34H29BN2O2S.C28H17ClN2S/c1-33(2)34(3,4)39-35(38-33)26-19-20-28-27(21-26)30-31(40-28)29(36-32(37-30)25-13-9-6-10-14-25)24-17-15-23(16-18-24)22-11-7-5-8-12-22;29-22-15-16-24-23(17-22)26-27(32-24)25(30-28(31-26)21-9-5-2-6-10-21)20-13-11-19(12-14-20)18-7-3-1-4-8-18/h5-21H,1-4H3;1-17H. The molecule has 348 valence electrons. The fourth-order valence-corrected chi connectivity index (χ4v) is 11.6. The van der Waals surface area contributed by atoms with Crippen molar-refractivity contribution in [3.05, 3.63) is 211 Å². The molecule has 0 unspecified atom stereocenters. The molecule has 6 nitrogen and oxygen atoms in total. The van der Waals surface area contributed by atoms with E-state index < -0.39 is 18.3 Å². The van der Waals surface area contributed by atoms with Crippen LogP contribution < -0.4 is 5.46 Å². The van der Waals surface area contributed by atoms with Crippen LogP contribution in [0.25, 0.3) is 108 Å². The highest BCUT2D eigenvalue weighted by atomic mass is 35.5. The average molecular weight is 989 g/mol. The highest BCUT2D eigenvalue weighted by molar-refractivity contribution is 7.26. The van der Waals surface area contributed by atoms with Crippen LogP contribution in [0.4, 0.5) is 0 Å². The molecule has 0 saturated carbocycles. The molecule has 0 bridgehead atoms. The Kier molecular flexibility index (Phi) is 11.9. The van der Waals surface area contributed by atoms with Crippen LogP contribution in [0.2, 0.25) is 5.02 Å². The molecule has 8 aromatic carbocycles. The van der Waals surface area contributed by atoms with Gasteiger partial charge in [-0.15, -0.1) is 22.7 Å². The van der Waals surface area contributed by atoms with E-state index in [-0.39, 0.29) is 0 Å². The van der Waals surface area contributed by atoms with Crippen molar-refractivity contribution in [2.24, 2.45) is 0 Å². The lowest BCUT2D eigenvalue weighted by Gasteiger charge is -2.32. The topological polar surface area (TPSA) is 70.0 Å². The summed E-state index contributed by atoms with van der Waals surface area (Å²) in [5, 5.41) is 2.87. The van der Waals surface area contributed by atoms with Gasteiger partial charge in [-0.3, -0.25) is 0 Å². The Bertz CT molecular complexity index is 3910. The molecule has 5 heterocycles. The fraction of sp³-hybridized carbons (Fsp3) is 0.0968. The molecular formula is C62H46BClN4O2S2. The van der Waals surface area contributed by atoms with Crippen LogP contribution in [0.3, 0.4) is 0 Å². The SMILES string of the molecule is CC1(C)OB(c2ccc3sc4c(-c5ccc(-c6ccccc6)cc5)nc(-c5ccccc5)nc4c3c2)OC1(C)C.Clc1ccc2sc3c(-c4ccc(-c5ccccc5)cc4)nc(-c4ccccc4)nc3c2c1. The molecule has 4 aromatic heterocycles. The average Bonchev–Trinajstić information content (AvgIpc) is 4.06. The monoisotopic (exact) mass is 988 g/mol. The second kappa shape index (κ2) is 18.7. The summed E-state index contributed by atoms with van der Waals surface area (Å²) in [6.45, 7) is 8.33. The molecule has 1 saturated heterocycles. The zero-order valence-corrected chi connectivity index (χ0v) is 42.4. The molecule has 1 aliphatic heterocycles. The van der Waals surface area contributed by atoms with E-state index in [1.807, 2.05) is 72.8 Å². The van der Waals surface area contributed by atoms with Gasteiger partial charge in [-0.25, -0.2) is 19.9 Å². The third-order valence-corrected chi connectivity index (χ3v) is 16.3. The van der Waals surface area contributed by atoms with Gasteiger partial charge in [0, 0.05) is 47.4 Å². The van der Waals surface area contributed by atoms with E-state index in [0.29, 0.717) is 5.02 Å². The first-order valence-electron chi connectivity index (χ1n) is 24.0. The largest absolute Gasteiger partial charge is 0.494 e. The smallest absolute Gasteiger partial charge is 0.399 e. The summed E-state index contributed by atoms with van der Waals surface area (Å²) in [6.07, 6.45) is 0. The second-order valence-corrected chi connectivity index (χ2v) is 21.5. The Morgan fingerprint density at radius 1 is 0.389 bits per heavy atom. The van der Waals surface area contributed by atoms with Crippen molar-refractivity contribution in [3.63, 3.8) is 0 Å². The van der Waals surface area contributed by atoms with Gasteiger partial charge in [-0.1, -0.05) is 194 Å². The molecule has 0 aliphatic carbocycles. The zero-order chi connectivity index (χ0) is 49.0. The van der Waals surface area contributed by atoms with Gasteiger partial charge in [-0.05, 0) is 79.7 Å². The molecule has 1 fully saturated rings. The van der Waals surface area contributed by atoms with Crippen molar-refractivity contribution in [3.8, 4) is 67.5 Å². The Morgan fingerprint density at radius 2 is 0.750 bits per heavy atom. The summed E-state index contributed by atoms with van der Waals surface area (Å²) in [6, 6.07) is 70.9. The number of halogens is 1. The predicted octanol–water partition coefficient (Wildman–Crippen LogP) is 16.6. The number of aromatic nitrogens is 4. The summed E-state index contributed by atoms with van der Waals surface area (Å²) >= 11 is 9.77. The lowest BCUT2D eigenvalue weighted by Crippen LogP contribution is -2.41. The number of thiophene rings is 2. The maximum absolute atomic E-state index is 6.37. The van der Waals surface area contributed by atoms with Gasteiger partial charge in [0.05, 0.1) is 43.0 Å². The molecule has 13 rings (SSSR count).